The van der Waals surface area contributed by atoms with Crippen molar-refractivity contribution < 1.29 is 31.7 Å². The number of benzene rings is 3. The van der Waals surface area contributed by atoms with Crippen LogP contribution >= 0.6 is 23.4 Å². The van der Waals surface area contributed by atoms with Gasteiger partial charge >= 0.3 is 10.1 Å². The second kappa shape index (κ2) is 12.2. The van der Waals surface area contributed by atoms with E-state index >= 15 is 0 Å². The molecule has 0 aromatic heterocycles. The largest absolute Gasteiger partial charge is 0.491 e. The summed E-state index contributed by atoms with van der Waals surface area (Å²) in [4.78, 5) is 37.7. The van der Waals surface area contributed by atoms with Crippen molar-refractivity contribution in [1.29, 1.82) is 0 Å². The zero-order valence-electron chi connectivity index (χ0n) is 21.8. The molecule has 12 heteroatoms. The lowest BCUT2D eigenvalue weighted by molar-refractivity contribution is -0.123. The number of nitrogens with one attached hydrogen (secondary N) is 1. The van der Waals surface area contributed by atoms with Crippen molar-refractivity contribution in [2.24, 2.45) is 0 Å². The van der Waals surface area contributed by atoms with Crippen LogP contribution in [0, 0.1) is 13.8 Å². The van der Waals surface area contributed by atoms with Crippen LogP contribution in [0.5, 0.6) is 11.5 Å². The Kier molecular flexibility index (Phi) is 8.87. The lowest BCUT2D eigenvalue weighted by Gasteiger charge is -2.14. The van der Waals surface area contributed by atoms with E-state index < -0.39 is 21.3 Å². The Morgan fingerprint density at radius 2 is 1.75 bits per heavy atom. The maximum atomic E-state index is 12.9. The SMILES string of the molecule is CC(=O)Nc1ccc(S(=O)(=O)Oc2ccc(/C=C3\SC(=O)N(CCOc4cc(C)ccc4C)C3=O)cc2Cl)cc1. The number of amides is 3. The van der Waals surface area contributed by atoms with Crippen LogP contribution in [0.3, 0.4) is 0 Å². The zero-order chi connectivity index (χ0) is 29.0. The van der Waals surface area contributed by atoms with Crippen molar-refractivity contribution >= 4 is 62.3 Å². The van der Waals surface area contributed by atoms with Gasteiger partial charge in [-0.1, -0.05) is 29.8 Å². The summed E-state index contributed by atoms with van der Waals surface area (Å²) < 4.78 is 36.4. The van der Waals surface area contributed by atoms with Crippen molar-refractivity contribution in [2.45, 2.75) is 25.7 Å². The fourth-order valence-corrected chi connectivity index (χ4v) is 5.79. The van der Waals surface area contributed by atoms with E-state index in [2.05, 4.69) is 5.32 Å². The molecule has 0 radical (unpaired) electrons. The van der Waals surface area contributed by atoms with Crippen LogP contribution in [0.2, 0.25) is 5.02 Å². The molecule has 0 unspecified atom stereocenters. The molecule has 1 heterocycles. The molecule has 208 valence electrons. The van der Waals surface area contributed by atoms with E-state index in [9.17, 15) is 22.8 Å². The molecule has 4 rings (SSSR count). The smallest absolute Gasteiger partial charge is 0.339 e. The number of hydrogen-bond donors (Lipinski definition) is 1. The number of imide groups is 1. The lowest BCUT2D eigenvalue weighted by atomic mass is 10.1. The first-order valence-corrected chi connectivity index (χ1v) is 14.6. The number of hydrogen-bond acceptors (Lipinski definition) is 8. The Morgan fingerprint density at radius 1 is 1.02 bits per heavy atom. The first kappa shape index (κ1) is 29.2. The van der Waals surface area contributed by atoms with Crippen LogP contribution < -0.4 is 14.2 Å². The first-order valence-electron chi connectivity index (χ1n) is 12.0. The third-order valence-electron chi connectivity index (χ3n) is 5.71. The second-order valence-corrected chi connectivity index (χ2v) is 11.8. The molecule has 3 aromatic carbocycles. The number of halogens is 1. The molecule has 3 amide bonds. The minimum Gasteiger partial charge on any atom is -0.491 e. The van der Waals surface area contributed by atoms with Crippen LogP contribution in [0.25, 0.3) is 6.08 Å². The molecule has 9 nitrogen and oxygen atoms in total. The molecular formula is C28H25ClN2O7S2. The Balaban J connectivity index is 1.41. The van der Waals surface area contributed by atoms with Gasteiger partial charge in [0.1, 0.15) is 17.3 Å². The molecule has 1 N–H and O–H groups in total. The highest BCUT2D eigenvalue weighted by molar-refractivity contribution is 8.18. The Labute approximate surface area is 241 Å². The Morgan fingerprint density at radius 3 is 2.42 bits per heavy atom. The predicted octanol–water partition coefficient (Wildman–Crippen LogP) is 5.80. The van der Waals surface area contributed by atoms with E-state index in [0.29, 0.717) is 17.0 Å². The molecule has 0 spiro atoms. The highest BCUT2D eigenvalue weighted by Gasteiger charge is 2.35. The van der Waals surface area contributed by atoms with Crippen LogP contribution in [0.15, 0.2) is 70.5 Å². The monoisotopic (exact) mass is 600 g/mol. The van der Waals surface area contributed by atoms with Crippen molar-refractivity contribution in [3.8, 4) is 11.5 Å². The average Bonchev–Trinajstić information content (AvgIpc) is 3.15. The van der Waals surface area contributed by atoms with Gasteiger partial charge in [-0.2, -0.15) is 8.42 Å². The molecule has 0 atom stereocenters. The average molecular weight is 601 g/mol. The van der Waals surface area contributed by atoms with Gasteiger partial charge in [0.05, 0.1) is 16.5 Å². The molecule has 3 aromatic rings. The molecule has 1 aliphatic heterocycles. The number of thioether (sulfide) groups is 1. The number of rotatable bonds is 9. The van der Waals surface area contributed by atoms with Crippen molar-refractivity contribution in [2.75, 3.05) is 18.5 Å². The summed E-state index contributed by atoms with van der Waals surface area (Å²) in [7, 11) is -4.21. The standard InChI is InChI=1S/C28H25ClN2O7S2/c1-17-4-5-18(2)25(14-17)37-13-12-31-27(33)26(39-28(31)34)16-20-6-11-24(23(29)15-20)38-40(35,36)22-9-7-21(8-10-22)30-19(3)32/h4-11,14-16H,12-13H2,1-3H3,(H,30,32)/b26-16-. The fraction of sp³-hybridized carbons (Fsp3) is 0.179. The van der Waals surface area contributed by atoms with E-state index in [-0.39, 0.29) is 39.6 Å². The third kappa shape index (κ3) is 7.04. The highest BCUT2D eigenvalue weighted by Crippen LogP contribution is 2.34. The number of aryl methyl sites for hydroxylation is 2. The molecule has 0 aliphatic carbocycles. The van der Waals surface area contributed by atoms with Crippen LogP contribution in [0.1, 0.15) is 23.6 Å². The molecule has 40 heavy (non-hydrogen) atoms. The number of anilines is 1. The molecule has 1 fully saturated rings. The molecule has 1 aliphatic rings. The van der Waals surface area contributed by atoms with Gasteiger partial charge in [0, 0.05) is 12.6 Å². The summed E-state index contributed by atoms with van der Waals surface area (Å²) in [5.74, 6) is -0.156. The van der Waals surface area contributed by atoms with E-state index in [4.69, 9.17) is 20.5 Å². The maximum Gasteiger partial charge on any atom is 0.339 e. The number of ether oxygens (including phenoxy) is 1. The Hall–Kier alpha value is -3.80. The van der Waals surface area contributed by atoms with E-state index in [0.717, 1.165) is 27.8 Å². The topological polar surface area (TPSA) is 119 Å². The second-order valence-electron chi connectivity index (χ2n) is 8.88. The van der Waals surface area contributed by atoms with Crippen molar-refractivity contribution in [1.82, 2.24) is 4.90 Å². The highest BCUT2D eigenvalue weighted by atomic mass is 35.5. The van der Waals surface area contributed by atoms with Crippen LogP contribution in [-0.2, 0) is 19.7 Å². The van der Waals surface area contributed by atoms with Crippen molar-refractivity contribution in [3.63, 3.8) is 0 Å². The number of carbonyl (C=O) groups is 3. The Bertz CT molecular complexity index is 1620. The molecule has 0 bridgehead atoms. The van der Waals surface area contributed by atoms with E-state index in [1.807, 2.05) is 32.0 Å². The van der Waals surface area contributed by atoms with Gasteiger partial charge in [-0.15, -0.1) is 0 Å². The molecule has 1 saturated heterocycles. The zero-order valence-corrected chi connectivity index (χ0v) is 24.2. The molecule has 0 saturated carbocycles. The van der Waals surface area contributed by atoms with Gasteiger partial charge in [-0.05, 0) is 90.8 Å². The maximum absolute atomic E-state index is 12.9. The van der Waals surface area contributed by atoms with Gasteiger partial charge in [0.25, 0.3) is 11.1 Å². The van der Waals surface area contributed by atoms with Crippen LogP contribution in [0.4, 0.5) is 10.5 Å². The van der Waals surface area contributed by atoms with Gasteiger partial charge in [0.15, 0.2) is 5.75 Å². The van der Waals surface area contributed by atoms with Gasteiger partial charge in [0.2, 0.25) is 5.91 Å². The number of nitrogens with zero attached hydrogens (tertiary/aromatic N) is 1. The normalized spacial score (nSPS) is 14.5. The van der Waals surface area contributed by atoms with E-state index in [1.165, 1.54) is 55.5 Å². The quantitative estimate of drug-likeness (QED) is 0.242. The lowest BCUT2D eigenvalue weighted by Crippen LogP contribution is -2.32. The molecular weight excluding hydrogens is 576 g/mol. The summed E-state index contributed by atoms with van der Waals surface area (Å²) >= 11 is 7.08. The summed E-state index contributed by atoms with van der Waals surface area (Å²) in [6, 6.07) is 15.6. The van der Waals surface area contributed by atoms with Gasteiger partial charge in [-0.25, -0.2) is 0 Å². The third-order valence-corrected chi connectivity index (χ3v) is 8.16. The first-order chi connectivity index (χ1) is 18.9. The summed E-state index contributed by atoms with van der Waals surface area (Å²) in [5.41, 5.74) is 2.91. The number of carbonyl (C=O) groups excluding carboxylic acids is 3. The summed E-state index contributed by atoms with van der Waals surface area (Å²) in [6.07, 6.45) is 1.50. The van der Waals surface area contributed by atoms with E-state index in [1.54, 1.807) is 0 Å². The van der Waals surface area contributed by atoms with Gasteiger partial charge < -0.3 is 14.2 Å². The minimum atomic E-state index is -4.21. The summed E-state index contributed by atoms with van der Waals surface area (Å²) in [5, 5.41) is 2.13. The van der Waals surface area contributed by atoms with Gasteiger partial charge in [-0.3, -0.25) is 19.3 Å². The fourth-order valence-electron chi connectivity index (χ4n) is 3.70. The summed E-state index contributed by atoms with van der Waals surface area (Å²) in [6.45, 7) is 5.45. The van der Waals surface area contributed by atoms with Crippen LogP contribution in [-0.4, -0.2) is 43.5 Å². The minimum absolute atomic E-state index is 0.00616. The predicted molar refractivity (Wildman–Crippen MR) is 154 cm³/mol. The van der Waals surface area contributed by atoms with Crippen molar-refractivity contribution in [3.05, 3.63) is 87.3 Å².